The van der Waals surface area contributed by atoms with Gasteiger partial charge in [0.25, 0.3) is 5.91 Å². The van der Waals surface area contributed by atoms with Crippen LogP contribution in [-0.2, 0) is 9.53 Å². The Bertz CT molecular complexity index is 423. The summed E-state index contributed by atoms with van der Waals surface area (Å²) in [5, 5.41) is 2.54. The quantitative estimate of drug-likeness (QED) is 0.602. The van der Waals surface area contributed by atoms with Gasteiger partial charge in [-0.15, -0.1) is 0 Å². The van der Waals surface area contributed by atoms with Gasteiger partial charge in [0, 0.05) is 5.69 Å². The fraction of sp³-hybridized carbons (Fsp3) is 0.333. The molecule has 0 bridgehead atoms. The number of amides is 1. The van der Waals surface area contributed by atoms with Crippen LogP contribution in [0.4, 0.5) is 5.69 Å². The number of anilines is 1. The molecule has 0 heterocycles. The van der Waals surface area contributed by atoms with Gasteiger partial charge in [0.1, 0.15) is 6.04 Å². The van der Waals surface area contributed by atoms with Crippen molar-refractivity contribution in [3.05, 3.63) is 29.3 Å². The molecule has 1 aromatic rings. The molecule has 0 aliphatic heterocycles. The number of ether oxygens (including phenoxy) is 1. The maximum Gasteiger partial charge on any atom is 0.328 e. The Kier molecular flexibility index (Phi) is 4.09. The molecule has 17 heavy (non-hydrogen) atoms. The van der Waals surface area contributed by atoms with Crippen LogP contribution >= 0.6 is 0 Å². The van der Waals surface area contributed by atoms with Gasteiger partial charge in [0.05, 0.1) is 12.7 Å². The van der Waals surface area contributed by atoms with E-state index in [1.807, 2.05) is 0 Å². The molecule has 1 atom stereocenters. The lowest BCUT2D eigenvalue weighted by molar-refractivity contribution is -0.142. The van der Waals surface area contributed by atoms with Crippen LogP contribution in [0.15, 0.2) is 18.2 Å². The molecule has 0 aliphatic rings. The third-order valence-electron chi connectivity index (χ3n) is 2.43. The summed E-state index contributed by atoms with van der Waals surface area (Å²) in [6, 6.07) is 4.50. The van der Waals surface area contributed by atoms with Crippen molar-refractivity contribution in [3.8, 4) is 0 Å². The third-order valence-corrected chi connectivity index (χ3v) is 2.43. The third kappa shape index (κ3) is 2.96. The van der Waals surface area contributed by atoms with E-state index in [4.69, 9.17) is 5.73 Å². The summed E-state index contributed by atoms with van der Waals surface area (Å²) in [7, 11) is 1.27. The number of aryl methyl sites for hydroxylation is 1. The standard InChI is InChI=1S/C12H16N2O3/c1-7-5-4-6-9(13)10(7)11(15)14-8(2)12(16)17-3/h4-6,8H,13H2,1-3H3,(H,14,15). The van der Waals surface area contributed by atoms with Crippen molar-refractivity contribution in [3.63, 3.8) is 0 Å². The van der Waals surface area contributed by atoms with Crippen molar-refractivity contribution in [2.24, 2.45) is 0 Å². The van der Waals surface area contributed by atoms with E-state index in [0.29, 0.717) is 11.3 Å². The molecule has 5 nitrogen and oxygen atoms in total. The summed E-state index contributed by atoms with van der Waals surface area (Å²) in [5.74, 6) is -0.871. The first-order chi connectivity index (χ1) is 7.97. The topological polar surface area (TPSA) is 81.4 Å². The second-order valence-electron chi connectivity index (χ2n) is 3.76. The number of nitrogens with two attached hydrogens (primary N) is 1. The van der Waals surface area contributed by atoms with E-state index in [0.717, 1.165) is 5.56 Å². The lowest BCUT2D eigenvalue weighted by atomic mass is 10.1. The fourth-order valence-corrected chi connectivity index (χ4v) is 1.51. The minimum Gasteiger partial charge on any atom is -0.467 e. The Hall–Kier alpha value is -2.04. The van der Waals surface area contributed by atoms with Crippen LogP contribution in [0.25, 0.3) is 0 Å². The normalized spacial score (nSPS) is 11.7. The van der Waals surface area contributed by atoms with Gasteiger partial charge in [0.2, 0.25) is 0 Å². The zero-order valence-electron chi connectivity index (χ0n) is 10.1. The van der Waals surface area contributed by atoms with Crippen LogP contribution in [0.3, 0.4) is 0 Å². The van der Waals surface area contributed by atoms with Gasteiger partial charge >= 0.3 is 5.97 Å². The summed E-state index contributed by atoms with van der Waals surface area (Å²) >= 11 is 0. The zero-order chi connectivity index (χ0) is 13.0. The predicted octanol–water partition coefficient (Wildman–Crippen LogP) is 0.869. The van der Waals surface area contributed by atoms with E-state index in [-0.39, 0.29) is 5.91 Å². The number of hydrogen-bond acceptors (Lipinski definition) is 4. The number of methoxy groups -OCH3 is 1. The summed E-state index contributed by atoms with van der Waals surface area (Å²) in [4.78, 5) is 23.1. The number of hydrogen-bond donors (Lipinski definition) is 2. The molecule has 0 saturated heterocycles. The summed E-state index contributed by atoms with van der Waals surface area (Å²) < 4.78 is 4.52. The van der Waals surface area contributed by atoms with E-state index in [9.17, 15) is 9.59 Å². The SMILES string of the molecule is COC(=O)C(C)NC(=O)c1c(C)cccc1N. The van der Waals surface area contributed by atoms with Crippen molar-refractivity contribution in [1.82, 2.24) is 5.32 Å². The number of benzene rings is 1. The van der Waals surface area contributed by atoms with Crippen LogP contribution in [0.5, 0.6) is 0 Å². The monoisotopic (exact) mass is 236 g/mol. The van der Waals surface area contributed by atoms with E-state index < -0.39 is 12.0 Å². The van der Waals surface area contributed by atoms with Crippen LogP contribution in [-0.4, -0.2) is 25.0 Å². The molecule has 0 spiro atoms. The molecular formula is C12H16N2O3. The number of nitrogens with one attached hydrogen (secondary N) is 1. The average molecular weight is 236 g/mol. The Balaban J connectivity index is 2.87. The molecule has 1 unspecified atom stereocenters. The van der Waals surface area contributed by atoms with Crippen molar-refractivity contribution in [2.45, 2.75) is 19.9 Å². The van der Waals surface area contributed by atoms with Crippen LogP contribution in [0.2, 0.25) is 0 Å². The Morgan fingerprint density at radius 1 is 1.41 bits per heavy atom. The van der Waals surface area contributed by atoms with Gasteiger partial charge in [-0.2, -0.15) is 0 Å². The average Bonchev–Trinajstić information content (AvgIpc) is 2.27. The summed E-state index contributed by atoms with van der Waals surface area (Å²) in [6.45, 7) is 3.34. The first-order valence-electron chi connectivity index (χ1n) is 5.21. The van der Waals surface area contributed by atoms with Gasteiger partial charge < -0.3 is 15.8 Å². The second-order valence-corrected chi connectivity index (χ2v) is 3.76. The van der Waals surface area contributed by atoms with Crippen LogP contribution in [0.1, 0.15) is 22.8 Å². The fourth-order valence-electron chi connectivity index (χ4n) is 1.51. The van der Waals surface area contributed by atoms with Gasteiger partial charge in [-0.3, -0.25) is 4.79 Å². The number of carbonyl (C=O) groups is 2. The molecule has 1 rings (SSSR count). The predicted molar refractivity (Wildman–Crippen MR) is 64.5 cm³/mol. The lowest BCUT2D eigenvalue weighted by Gasteiger charge is -2.14. The highest BCUT2D eigenvalue weighted by molar-refractivity contribution is 6.02. The van der Waals surface area contributed by atoms with E-state index >= 15 is 0 Å². The molecule has 0 fully saturated rings. The van der Waals surface area contributed by atoms with Crippen molar-refractivity contribution >= 4 is 17.6 Å². The molecule has 0 radical (unpaired) electrons. The zero-order valence-corrected chi connectivity index (χ0v) is 10.1. The highest BCUT2D eigenvalue weighted by Gasteiger charge is 2.19. The molecular weight excluding hydrogens is 220 g/mol. The Labute approximate surface area is 99.9 Å². The van der Waals surface area contributed by atoms with E-state index in [1.54, 1.807) is 32.0 Å². The minimum atomic E-state index is -0.702. The second kappa shape index (κ2) is 5.34. The van der Waals surface area contributed by atoms with Crippen molar-refractivity contribution < 1.29 is 14.3 Å². The lowest BCUT2D eigenvalue weighted by Crippen LogP contribution is -2.39. The molecule has 0 aliphatic carbocycles. The molecule has 5 heteroatoms. The number of esters is 1. The van der Waals surface area contributed by atoms with Gasteiger partial charge in [-0.05, 0) is 25.5 Å². The molecule has 0 saturated carbocycles. The number of carbonyl (C=O) groups excluding carboxylic acids is 2. The van der Waals surface area contributed by atoms with E-state index in [2.05, 4.69) is 10.1 Å². The molecule has 1 amide bonds. The van der Waals surface area contributed by atoms with Gasteiger partial charge in [0.15, 0.2) is 0 Å². The Morgan fingerprint density at radius 3 is 2.59 bits per heavy atom. The smallest absolute Gasteiger partial charge is 0.328 e. The van der Waals surface area contributed by atoms with Crippen LogP contribution in [0, 0.1) is 6.92 Å². The highest BCUT2D eigenvalue weighted by atomic mass is 16.5. The van der Waals surface area contributed by atoms with Gasteiger partial charge in [-0.25, -0.2) is 4.79 Å². The van der Waals surface area contributed by atoms with E-state index in [1.165, 1.54) is 7.11 Å². The summed E-state index contributed by atoms with van der Waals surface area (Å²) in [6.07, 6.45) is 0. The Morgan fingerprint density at radius 2 is 2.06 bits per heavy atom. The largest absolute Gasteiger partial charge is 0.467 e. The van der Waals surface area contributed by atoms with Crippen molar-refractivity contribution in [1.29, 1.82) is 0 Å². The summed E-state index contributed by atoms with van der Waals surface area (Å²) in [5.41, 5.74) is 7.27. The maximum atomic E-state index is 11.9. The van der Waals surface area contributed by atoms with Crippen LogP contribution < -0.4 is 11.1 Å². The van der Waals surface area contributed by atoms with Crippen molar-refractivity contribution in [2.75, 3.05) is 12.8 Å². The number of nitrogen functional groups attached to an aromatic ring is 1. The highest BCUT2D eigenvalue weighted by Crippen LogP contribution is 2.16. The first-order valence-corrected chi connectivity index (χ1v) is 5.21. The molecule has 0 aromatic heterocycles. The first kappa shape index (κ1) is 13.0. The minimum absolute atomic E-state index is 0.376. The molecule has 1 aromatic carbocycles. The van der Waals surface area contributed by atoms with Gasteiger partial charge in [-0.1, -0.05) is 12.1 Å². The number of rotatable bonds is 3. The molecule has 92 valence electrons. The molecule has 3 N–H and O–H groups in total. The maximum absolute atomic E-state index is 11.9.